The molecule has 4 heteroatoms. The third-order valence-electron chi connectivity index (χ3n) is 7.45. The Hall–Kier alpha value is -1.84. The zero-order valence-corrected chi connectivity index (χ0v) is 15.6. The number of aliphatic hydroxyl groups excluding tert-OH is 2. The molecule has 4 atom stereocenters. The Morgan fingerprint density at radius 1 is 1.20 bits per heavy atom. The molecule has 0 heterocycles. The van der Waals surface area contributed by atoms with Crippen LogP contribution in [0.25, 0.3) is 0 Å². The van der Waals surface area contributed by atoms with Crippen LogP contribution in [-0.4, -0.2) is 21.8 Å². The zero-order valence-electron chi connectivity index (χ0n) is 15.6. The molecule has 136 valence electrons. The van der Waals surface area contributed by atoms with Crippen molar-refractivity contribution >= 4 is 11.6 Å². The first-order chi connectivity index (χ1) is 11.6. The Labute approximate surface area is 149 Å². The van der Waals surface area contributed by atoms with Gasteiger partial charge in [-0.1, -0.05) is 32.4 Å². The summed E-state index contributed by atoms with van der Waals surface area (Å²) in [6, 6.07) is 0. The molecule has 25 heavy (non-hydrogen) atoms. The van der Waals surface area contributed by atoms with E-state index in [9.17, 15) is 19.8 Å². The van der Waals surface area contributed by atoms with Crippen LogP contribution in [0.4, 0.5) is 0 Å². The summed E-state index contributed by atoms with van der Waals surface area (Å²) in [6.07, 6.45) is 7.71. The van der Waals surface area contributed by atoms with Gasteiger partial charge in [-0.3, -0.25) is 9.59 Å². The van der Waals surface area contributed by atoms with Gasteiger partial charge in [-0.15, -0.1) is 0 Å². The lowest BCUT2D eigenvalue weighted by atomic mass is 9.46. The maximum absolute atomic E-state index is 12.4. The number of carbonyl (C=O) groups is 2. The van der Waals surface area contributed by atoms with Gasteiger partial charge in [-0.2, -0.15) is 0 Å². The number of hydrogen-bond donors (Lipinski definition) is 2. The standard InChI is InChI=1S/C21H28O4/c1-12-6-5-7-17-20(12,3)9-8-13(2)21(17,4)11-14-18(24)15(22)10-16(23)19(14)25/h6,10,13,17,22,25H,5,7-9,11H2,1-4H3/t13-,17+,20+,21+/m0/s1. The first-order valence-electron chi connectivity index (χ1n) is 9.20. The van der Waals surface area contributed by atoms with Crippen molar-refractivity contribution in [3.8, 4) is 0 Å². The smallest absolute Gasteiger partial charge is 0.227 e. The molecule has 3 rings (SSSR count). The summed E-state index contributed by atoms with van der Waals surface area (Å²) in [7, 11) is 0. The molecule has 0 amide bonds. The molecule has 0 aromatic heterocycles. The third-order valence-corrected chi connectivity index (χ3v) is 7.45. The van der Waals surface area contributed by atoms with Crippen LogP contribution in [-0.2, 0) is 9.59 Å². The predicted molar refractivity (Wildman–Crippen MR) is 96.1 cm³/mol. The van der Waals surface area contributed by atoms with Crippen molar-refractivity contribution in [1.29, 1.82) is 0 Å². The lowest BCUT2D eigenvalue weighted by molar-refractivity contribution is -0.120. The largest absolute Gasteiger partial charge is 0.504 e. The first kappa shape index (κ1) is 18.0. The number of fused-ring (bicyclic) bond motifs is 1. The number of ketones is 2. The summed E-state index contributed by atoms with van der Waals surface area (Å²) < 4.78 is 0. The summed E-state index contributed by atoms with van der Waals surface area (Å²) in [5.41, 5.74) is 1.37. The van der Waals surface area contributed by atoms with E-state index in [2.05, 4.69) is 33.8 Å². The fourth-order valence-electron chi connectivity index (χ4n) is 5.42. The van der Waals surface area contributed by atoms with Gasteiger partial charge >= 0.3 is 0 Å². The molecule has 4 nitrogen and oxygen atoms in total. The van der Waals surface area contributed by atoms with Crippen LogP contribution in [0.3, 0.4) is 0 Å². The van der Waals surface area contributed by atoms with E-state index in [4.69, 9.17) is 0 Å². The van der Waals surface area contributed by atoms with E-state index in [1.807, 2.05) is 0 Å². The molecule has 0 aliphatic heterocycles. The Balaban J connectivity index is 2.02. The fourth-order valence-corrected chi connectivity index (χ4v) is 5.42. The number of allylic oxidation sites excluding steroid dienone is 4. The van der Waals surface area contributed by atoms with Gasteiger partial charge in [-0.25, -0.2) is 0 Å². The minimum Gasteiger partial charge on any atom is -0.504 e. The normalized spacial score (nSPS) is 39.0. The highest BCUT2D eigenvalue weighted by molar-refractivity contribution is 6.20. The van der Waals surface area contributed by atoms with Crippen LogP contribution in [0, 0.1) is 22.7 Å². The highest BCUT2D eigenvalue weighted by Gasteiger charge is 2.54. The van der Waals surface area contributed by atoms with Crippen LogP contribution in [0.15, 0.2) is 34.8 Å². The maximum atomic E-state index is 12.4. The van der Waals surface area contributed by atoms with Crippen LogP contribution >= 0.6 is 0 Å². The molecule has 0 saturated heterocycles. The molecule has 1 saturated carbocycles. The van der Waals surface area contributed by atoms with Gasteiger partial charge < -0.3 is 10.2 Å². The van der Waals surface area contributed by atoms with E-state index in [-0.39, 0.29) is 16.4 Å². The molecule has 0 unspecified atom stereocenters. The van der Waals surface area contributed by atoms with E-state index in [1.165, 1.54) is 5.57 Å². The average Bonchev–Trinajstić information content (AvgIpc) is 2.56. The van der Waals surface area contributed by atoms with Crippen molar-refractivity contribution in [2.75, 3.05) is 0 Å². The predicted octanol–water partition coefficient (Wildman–Crippen LogP) is 4.58. The van der Waals surface area contributed by atoms with Gasteiger partial charge in [0.25, 0.3) is 0 Å². The van der Waals surface area contributed by atoms with Crippen LogP contribution < -0.4 is 0 Å². The second-order valence-electron chi connectivity index (χ2n) is 8.61. The summed E-state index contributed by atoms with van der Waals surface area (Å²) in [5.74, 6) is -1.60. The van der Waals surface area contributed by atoms with E-state index in [0.717, 1.165) is 31.8 Å². The van der Waals surface area contributed by atoms with Crippen molar-refractivity contribution < 1.29 is 19.8 Å². The monoisotopic (exact) mass is 344 g/mol. The molecule has 1 fully saturated rings. The minimum atomic E-state index is -0.679. The summed E-state index contributed by atoms with van der Waals surface area (Å²) in [4.78, 5) is 24.3. The fraction of sp³-hybridized carbons (Fsp3) is 0.619. The van der Waals surface area contributed by atoms with Gasteiger partial charge in [0.15, 0.2) is 11.5 Å². The van der Waals surface area contributed by atoms with Gasteiger partial charge in [-0.05, 0) is 61.7 Å². The lowest BCUT2D eigenvalue weighted by Gasteiger charge is -2.58. The van der Waals surface area contributed by atoms with Crippen molar-refractivity contribution in [3.05, 3.63) is 34.8 Å². The number of rotatable bonds is 2. The summed E-state index contributed by atoms with van der Waals surface area (Å²) >= 11 is 0. The van der Waals surface area contributed by atoms with Gasteiger partial charge in [0.05, 0.1) is 0 Å². The quantitative estimate of drug-likeness (QED) is 0.568. The second-order valence-corrected chi connectivity index (χ2v) is 8.61. The lowest BCUT2D eigenvalue weighted by Crippen LogP contribution is -2.50. The second kappa shape index (κ2) is 5.86. The number of hydrogen-bond acceptors (Lipinski definition) is 4. The van der Waals surface area contributed by atoms with Crippen molar-refractivity contribution in [2.45, 2.75) is 59.8 Å². The van der Waals surface area contributed by atoms with Crippen molar-refractivity contribution in [2.24, 2.45) is 22.7 Å². The number of aliphatic hydroxyl groups is 2. The van der Waals surface area contributed by atoms with Crippen molar-refractivity contribution in [1.82, 2.24) is 0 Å². The molecule has 0 aromatic rings. The van der Waals surface area contributed by atoms with Crippen molar-refractivity contribution in [3.63, 3.8) is 0 Å². The Bertz CT molecular complexity index is 726. The number of carbonyl (C=O) groups excluding carboxylic acids is 2. The molecule has 0 spiro atoms. The molecular formula is C21H28O4. The molecule has 0 radical (unpaired) electrons. The van der Waals surface area contributed by atoms with E-state index < -0.39 is 23.1 Å². The van der Waals surface area contributed by atoms with Crippen LogP contribution in [0.5, 0.6) is 0 Å². The van der Waals surface area contributed by atoms with Gasteiger partial charge in [0.1, 0.15) is 0 Å². The van der Waals surface area contributed by atoms with Gasteiger partial charge in [0.2, 0.25) is 11.6 Å². The number of Topliss-reactive ketones (excluding diaryl/α,β-unsaturated/α-hetero) is 1. The molecule has 3 aliphatic rings. The highest BCUT2D eigenvalue weighted by atomic mass is 16.3. The van der Waals surface area contributed by atoms with E-state index >= 15 is 0 Å². The minimum absolute atomic E-state index is 0.0795. The molecule has 0 bridgehead atoms. The Morgan fingerprint density at radius 2 is 1.88 bits per heavy atom. The summed E-state index contributed by atoms with van der Waals surface area (Å²) in [5, 5.41) is 20.0. The van der Waals surface area contributed by atoms with Gasteiger partial charge in [0, 0.05) is 11.6 Å². The zero-order chi connectivity index (χ0) is 18.6. The third kappa shape index (κ3) is 2.57. The van der Waals surface area contributed by atoms with E-state index in [0.29, 0.717) is 18.3 Å². The highest BCUT2D eigenvalue weighted by Crippen LogP contribution is 2.62. The molecular weight excluding hydrogens is 316 g/mol. The first-order valence-corrected chi connectivity index (χ1v) is 9.20. The van der Waals surface area contributed by atoms with E-state index in [1.54, 1.807) is 0 Å². The SMILES string of the molecule is CC1=CCC[C@H]2[C@](C)(CC3=C(O)C(=O)C=C(O)C3=O)[C@@H](C)CC[C@]12C. The van der Waals surface area contributed by atoms with Crippen LogP contribution in [0.1, 0.15) is 59.8 Å². The summed E-state index contributed by atoms with van der Waals surface area (Å²) in [6.45, 7) is 8.90. The molecule has 0 aromatic carbocycles. The Kier molecular flexibility index (Phi) is 4.21. The molecule has 2 N–H and O–H groups in total. The Morgan fingerprint density at radius 3 is 2.56 bits per heavy atom. The van der Waals surface area contributed by atoms with Crippen LogP contribution in [0.2, 0.25) is 0 Å². The average molecular weight is 344 g/mol. The topological polar surface area (TPSA) is 74.6 Å². The maximum Gasteiger partial charge on any atom is 0.227 e. The molecule has 3 aliphatic carbocycles.